The standard InChI is InChI=1S/C18H21N5O2/c1-2-23(16-6-4-3-5-7-16)17(25)15-12-19-18(20-13-15)22-10-8-21(14-24)9-11-22/h3-7,12-14H,2,8-11H2,1H3. The van der Waals surface area contributed by atoms with E-state index in [4.69, 9.17) is 0 Å². The molecule has 0 atom stereocenters. The molecule has 2 aromatic rings. The second-order valence-corrected chi connectivity index (χ2v) is 5.79. The summed E-state index contributed by atoms with van der Waals surface area (Å²) in [6, 6.07) is 9.55. The Labute approximate surface area is 146 Å². The van der Waals surface area contributed by atoms with Crippen LogP contribution in [-0.2, 0) is 4.79 Å². The average Bonchev–Trinajstić information content (AvgIpc) is 2.69. The van der Waals surface area contributed by atoms with Crippen LogP contribution in [0.5, 0.6) is 0 Å². The zero-order chi connectivity index (χ0) is 17.6. The van der Waals surface area contributed by atoms with E-state index in [0.29, 0.717) is 44.2 Å². The molecule has 1 aliphatic rings. The van der Waals surface area contributed by atoms with Crippen molar-refractivity contribution >= 4 is 24.0 Å². The highest BCUT2D eigenvalue weighted by Crippen LogP contribution is 2.17. The molecule has 1 saturated heterocycles. The fourth-order valence-corrected chi connectivity index (χ4v) is 2.83. The van der Waals surface area contributed by atoms with E-state index in [-0.39, 0.29) is 5.91 Å². The van der Waals surface area contributed by atoms with Crippen molar-refractivity contribution in [2.24, 2.45) is 0 Å². The first-order valence-electron chi connectivity index (χ1n) is 8.36. The van der Waals surface area contributed by atoms with Gasteiger partial charge in [-0.2, -0.15) is 0 Å². The molecule has 2 heterocycles. The van der Waals surface area contributed by atoms with E-state index in [1.54, 1.807) is 22.2 Å². The van der Waals surface area contributed by atoms with Gasteiger partial charge < -0.3 is 14.7 Å². The number of rotatable bonds is 5. The fourth-order valence-electron chi connectivity index (χ4n) is 2.83. The van der Waals surface area contributed by atoms with Gasteiger partial charge in [0.25, 0.3) is 5.91 Å². The van der Waals surface area contributed by atoms with Crippen molar-refractivity contribution in [3.05, 3.63) is 48.3 Å². The van der Waals surface area contributed by atoms with Gasteiger partial charge >= 0.3 is 0 Å². The van der Waals surface area contributed by atoms with E-state index in [1.807, 2.05) is 42.2 Å². The van der Waals surface area contributed by atoms with Gasteiger partial charge in [-0.3, -0.25) is 9.59 Å². The molecule has 7 heteroatoms. The fraction of sp³-hybridized carbons (Fsp3) is 0.333. The Morgan fingerprint density at radius 3 is 2.32 bits per heavy atom. The van der Waals surface area contributed by atoms with Crippen molar-refractivity contribution in [2.75, 3.05) is 42.5 Å². The SMILES string of the molecule is CCN(C(=O)c1cnc(N2CCN(C=O)CC2)nc1)c1ccccc1. The zero-order valence-electron chi connectivity index (χ0n) is 14.2. The molecule has 0 unspecified atom stereocenters. The third kappa shape index (κ3) is 3.76. The van der Waals surface area contributed by atoms with Crippen molar-refractivity contribution in [3.8, 4) is 0 Å². The van der Waals surface area contributed by atoms with Gasteiger partial charge in [0.2, 0.25) is 12.4 Å². The molecule has 0 saturated carbocycles. The normalized spacial score (nSPS) is 14.3. The lowest BCUT2D eigenvalue weighted by atomic mass is 10.2. The van der Waals surface area contributed by atoms with Gasteiger partial charge in [0.15, 0.2) is 0 Å². The summed E-state index contributed by atoms with van der Waals surface area (Å²) in [5.74, 6) is 0.468. The minimum Gasteiger partial charge on any atom is -0.342 e. The van der Waals surface area contributed by atoms with Crippen LogP contribution in [0.4, 0.5) is 11.6 Å². The number of carbonyl (C=O) groups excluding carboxylic acids is 2. The first-order valence-corrected chi connectivity index (χ1v) is 8.36. The lowest BCUT2D eigenvalue weighted by Gasteiger charge is -2.32. The van der Waals surface area contributed by atoms with E-state index >= 15 is 0 Å². The van der Waals surface area contributed by atoms with E-state index < -0.39 is 0 Å². The highest BCUT2D eigenvalue weighted by molar-refractivity contribution is 6.05. The van der Waals surface area contributed by atoms with Crippen molar-refractivity contribution in [2.45, 2.75) is 6.92 Å². The van der Waals surface area contributed by atoms with Gasteiger partial charge in [0.05, 0.1) is 5.56 Å². The Morgan fingerprint density at radius 1 is 1.12 bits per heavy atom. The molecule has 2 amide bonds. The number of benzene rings is 1. The van der Waals surface area contributed by atoms with E-state index in [9.17, 15) is 9.59 Å². The molecule has 0 spiro atoms. The van der Waals surface area contributed by atoms with Gasteiger partial charge in [-0.1, -0.05) is 18.2 Å². The number of para-hydroxylation sites is 1. The Hall–Kier alpha value is -2.96. The predicted octanol–water partition coefficient (Wildman–Crippen LogP) is 1.42. The van der Waals surface area contributed by atoms with Gasteiger partial charge in [-0.25, -0.2) is 9.97 Å². The Bertz CT molecular complexity index is 712. The quantitative estimate of drug-likeness (QED) is 0.771. The minimum atomic E-state index is -0.119. The molecule has 0 bridgehead atoms. The lowest BCUT2D eigenvalue weighted by Crippen LogP contribution is -2.46. The van der Waals surface area contributed by atoms with Crippen LogP contribution in [-0.4, -0.2) is 59.9 Å². The smallest absolute Gasteiger partial charge is 0.261 e. The highest BCUT2D eigenvalue weighted by atomic mass is 16.2. The molecule has 0 radical (unpaired) electrons. The zero-order valence-corrected chi connectivity index (χ0v) is 14.2. The number of piperazine rings is 1. The summed E-state index contributed by atoms with van der Waals surface area (Å²) in [6.07, 6.45) is 4.01. The lowest BCUT2D eigenvalue weighted by molar-refractivity contribution is -0.118. The summed E-state index contributed by atoms with van der Waals surface area (Å²) in [6.45, 7) is 5.20. The highest BCUT2D eigenvalue weighted by Gasteiger charge is 2.20. The molecule has 0 N–H and O–H groups in total. The van der Waals surface area contributed by atoms with Gasteiger partial charge in [-0.15, -0.1) is 0 Å². The minimum absolute atomic E-state index is 0.119. The molecule has 0 aliphatic carbocycles. The predicted molar refractivity (Wildman–Crippen MR) is 95.7 cm³/mol. The number of carbonyl (C=O) groups is 2. The maximum Gasteiger partial charge on any atom is 0.261 e. The van der Waals surface area contributed by atoms with Crippen LogP contribution in [0.15, 0.2) is 42.7 Å². The first kappa shape index (κ1) is 16.9. The molecule has 1 aromatic heterocycles. The molecule has 1 aromatic carbocycles. The molecule has 1 fully saturated rings. The number of amides is 2. The van der Waals surface area contributed by atoms with Crippen LogP contribution in [0.3, 0.4) is 0 Å². The van der Waals surface area contributed by atoms with Crippen LogP contribution < -0.4 is 9.80 Å². The van der Waals surface area contributed by atoms with Crippen LogP contribution in [0, 0.1) is 0 Å². The third-order valence-corrected chi connectivity index (χ3v) is 4.26. The van der Waals surface area contributed by atoms with Crippen molar-refractivity contribution in [1.82, 2.24) is 14.9 Å². The number of nitrogens with zero attached hydrogens (tertiary/aromatic N) is 5. The topological polar surface area (TPSA) is 69.6 Å². The molecule has 130 valence electrons. The average molecular weight is 339 g/mol. The van der Waals surface area contributed by atoms with Crippen LogP contribution in [0.2, 0.25) is 0 Å². The Kier molecular flexibility index (Phi) is 5.23. The second kappa shape index (κ2) is 7.74. The monoisotopic (exact) mass is 339 g/mol. The van der Waals surface area contributed by atoms with E-state index in [0.717, 1.165) is 12.1 Å². The Balaban J connectivity index is 1.71. The van der Waals surface area contributed by atoms with E-state index in [2.05, 4.69) is 9.97 Å². The summed E-state index contributed by atoms with van der Waals surface area (Å²) >= 11 is 0. The van der Waals surface area contributed by atoms with Gasteiger partial charge in [0.1, 0.15) is 0 Å². The molecular formula is C18H21N5O2. The molecule has 25 heavy (non-hydrogen) atoms. The molecule has 1 aliphatic heterocycles. The number of hydrogen-bond acceptors (Lipinski definition) is 5. The van der Waals surface area contributed by atoms with Crippen molar-refractivity contribution in [1.29, 1.82) is 0 Å². The van der Waals surface area contributed by atoms with Crippen molar-refractivity contribution in [3.63, 3.8) is 0 Å². The maximum absolute atomic E-state index is 12.7. The van der Waals surface area contributed by atoms with Crippen LogP contribution >= 0.6 is 0 Å². The molecule has 3 rings (SSSR count). The van der Waals surface area contributed by atoms with Gasteiger partial charge in [0, 0.05) is 50.8 Å². The summed E-state index contributed by atoms with van der Waals surface area (Å²) in [5.41, 5.74) is 1.31. The van der Waals surface area contributed by atoms with Crippen molar-refractivity contribution < 1.29 is 9.59 Å². The second-order valence-electron chi connectivity index (χ2n) is 5.79. The summed E-state index contributed by atoms with van der Waals surface area (Å²) in [5, 5.41) is 0. The number of anilines is 2. The Morgan fingerprint density at radius 2 is 1.76 bits per heavy atom. The maximum atomic E-state index is 12.7. The molecule has 7 nitrogen and oxygen atoms in total. The van der Waals surface area contributed by atoms with Gasteiger partial charge in [-0.05, 0) is 19.1 Å². The third-order valence-electron chi connectivity index (χ3n) is 4.26. The first-order chi connectivity index (χ1) is 12.2. The van der Waals surface area contributed by atoms with Crippen LogP contribution in [0.1, 0.15) is 17.3 Å². The van der Waals surface area contributed by atoms with E-state index in [1.165, 1.54) is 0 Å². The molecular weight excluding hydrogens is 318 g/mol. The summed E-state index contributed by atoms with van der Waals surface area (Å²) in [7, 11) is 0. The summed E-state index contributed by atoms with van der Waals surface area (Å²) < 4.78 is 0. The number of aromatic nitrogens is 2. The van der Waals surface area contributed by atoms with Crippen LogP contribution in [0.25, 0.3) is 0 Å². The summed E-state index contributed by atoms with van der Waals surface area (Å²) in [4.78, 5) is 37.6. The number of hydrogen-bond donors (Lipinski definition) is 0. The largest absolute Gasteiger partial charge is 0.342 e.